The van der Waals surface area contributed by atoms with E-state index in [-0.39, 0.29) is 12.1 Å². The van der Waals surface area contributed by atoms with Crippen LogP contribution >= 0.6 is 23.2 Å². The van der Waals surface area contributed by atoms with E-state index in [2.05, 4.69) is 10.3 Å². The highest BCUT2D eigenvalue weighted by Crippen LogP contribution is 2.24. The maximum absolute atomic E-state index is 12.3. The Morgan fingerprint density at radius 2 is 1.88 bits per heavy atom. The predicted molar refractivity (Wildman–Crippen MR) is 94.9 cm³/mol. The number of hydrogen-bond donors (Lipinski definition) is 1. The Balaban J connectivity index is 1.50. The summed E-state index contributed by atoms with van der Waals surface area (Å²) in [6.45, 7) is 1.24. The van der Waals surface area contributed by atoms with Gasteiger partial charge in [0, 0.05) is 42.8 Å². The fraction of sp³-hybridized carbons (Fsp3) is 0.294. The van der Waals surface area contributed by atoms with Crippen LogP contribution in [0.1, 0.15) is 12.8 Å². The summed E-state index contributed by atoms with van der Waals surface area (Å²) in [5.41, 5.74) is 0.725. The highest BCUT2D eigenvalue weighted by molar-refractivity contribution is 6.31. The van der Waals surface area contributed by atoms with Gasteiger partial charge < -0.3 is 15.0 Å². The van der Waals surface area contributed by atoms with Crippen LogP contribution in [0.5, 0.6) is 5.88 Å². The first-order valence-electron chi connectivity index (χ1n) is 7.70. The molecule has 1 aliphatic heterocycles. The van der Waals surface area contributed by atoms with Gasteiger partial charge in [-0.1, -0.05) is 23.2 Å². The topological polar surface area (TPSA) is 54.5 Å². The molecule has 126 valence electrons. The number of piperidine rings is 1. The Hall–Kier alpha value is -1.98. The predicted octanol–water partition coefficient (Wildman–Crippen LogP) is 4.46. The minimum atomic E-state index is -0.119. The molecule has 0 bridgehead atoms. The maximum Gasteiger partial charge on any atom is 0.321 e. The normalized spacial score (nSPS) is 15.2. The van der Waals surface area contributed by atoms with Gasteiger partial charge in [-0.05, 0) is 36.4 Å². The fourth-order valence-electron chi connectivity index (χ4n) is 2.53. The van der Waals surface area contributed by atoms with Crippen LogP contribution in [0.25, 0.3) is 0 Å². The zero-order valence-electron chi connectivity index (χ0n) is 12.9. The SMILES string of the molecule is O=C(Nc1ccc(Cl)cc1)N1CCC(Oc2ncccc2Cl)CC1. The van der Waals surface area contributed by atoms with E-state index in [1.807, 2.05) is 0 Å². The molecule has 24 heavy (non-hydrogen) atoms. The average Bonchev–Trinajstić information content (AvgIpc) is 2.59. The number of pyridine rings is 1. The number of urea groups is 1. The van der Waals surface area contributed by atoms with Crippen LogP contribution in [0.4, 0.5) is 10.5 Å². The van der Waals surface area contributed by atoms with Crippen molar-refractivity contribution < 1.29 is 9.53 Å². The number of aromatic nitrogens is 1. The summed E-state index contributed by atoms with van der Waals surface area (Å²) in [6, 6.07) is 10.4. The number of nitrogens with one attached hydrogen (secondary N) is 1. The van der Waals surface area contributed by atoms with E-state index in [0.717, 1.165) is 18.5 Å². The molecule has 1 N–H and O–H groups in total. The van der Waals surface area contributed by atoms with E-state index in [0.29, 0.717) is 29.0 Å². The van der Waals surface area contributed by atoms with Gasteiger partial charge in [-0.15, -0.1) is 0 Å². The lowest BCUT2D eigenvalue weighted by Gasteiger charge is -2.32. The molecule has 5 nitrogen and oxygen atoms in total. The number of rotatable bonds is 3. The van der Waals surface area contributed by atoms with Crippen molar-refractivity contribution in [2.45, 2.75) is 18.9 Å². The molecule has 0 atom stereocenters. The van der Waals surface area contributed by atoms with Crippen molar-refractivity contribution in [1.82, 2.24) is 9.88 Å². The monoisotopic (exact) mass is 365 g/mol. The molecule has 0 spiro atoms. The zero-order chi connectivity index (χ0) is 16.9. The summed E-state index contributed by atoms with van der Waals surface area (Å²) in [7, 11) is 0. The van der Waals surface area contributed by atoms with Crippen molar-refractivity contribution >= 4 is 34.9 Å². The summed E-state index contributed by atoms with van der Waals surface area (Å²) in [5.74, 6) is 0.447. The van der Waals surface area contributed by atoms with Gasteiger partial charge in [-0.25, -0.2) is 9.78 Å². The smallest absolute Gasteiger partial charge is 0.321 e. The van der Waals surface area contributed by atoms with Crippen LogP contribution in [-0.2, 0) is 0 Å². The van der Waals surface area contributed by atoms with Crippen LogP contribution < -0.4 is 10.1 Å². The second-order valence-corrected chi connectivity index (χ2v) is 6.38. The minimum Gasteiger partial charge on any atom is -0.473 e. The van der Waals surface area contributed by atoms with Crippen molar-refractivity contribution in [1.29, 1.82) is 0 Å². The van der Waals surface area contributed by atoms with Gasteiger partial charge in [0.1, 0.15) is 11.1 Å². The fourth-order valence-corrected chi connectivity index (χ4v) is 2.82. The van der Waals surface area contributed by atoms with Gasteiger partial charge in [-0.3, -0.25) is 0 Å². The van der Waals surface area contributed by atoms with E-state index in [1.54, 1.807) is 47.5 Å². The molecule has 3 rings (SSSR count). The van der Waals surface area contributed by atoms with Gasteiger partial charge in [-0.2, -0.15) is 0 Å². The molecule has 0 unspecified atom stereocenters. The maximum atomic E-state index is 12.3. The van der Waals surface area contributed by atoms with Crippen LogP contribution in [0, 0.1) is 0 Å². The van der Waals surface area contributed by atoms with Crippen LogP contribution in [0.3, 0.4) is 0 Å². The Kier molecular flexibility index (Phi) is 5.43. The zero-order valence-corrected chi connectivity index (χ0v) is 14.4. The summed E-state index contributed by atoms with van der Waals surface area (Å²) in [6.07, 6.45) is 3.13. The van der Waals surface area contributed by atoms with Crippen molar-refractivity contribution in [3.63, 3.8) is 0 Å². The summed E-state index contributed by atoms with van der Waals surface area (Å²) in [5, 5.41) is 4.01. The number of benzene rings is 1. The number of amides is 2. The molecule has 2 aromatic rings. The number of anilines is 1. The average molecular weight is 366 g/mol. The third-order valence-electron chi connectivity index (χ3n) is 3.83. The molecule has 1 aliphatic rings. The number of hydrogen-bond acceptors (Lipinski definition) is 3. The van der Waals surface area contributed by atoms with Gasteiger partial charge in [0.25, 0.3) is 0 Å². The lowest BCUT2D eigenvalue weighted by molar-refractivity contribution is 0.111. The summed E-state index contributed by atoms with van der Waals surface area (Å²) < 4.78 is 5.83. The summed E-state index contributed by atoms with van der Waals surface area (Å²) in [4.78, 5) is 18.2. The molecule has 1 aromatic carbocycles. The number of carbonyl (C=O) groups is 1. The van der Waals surface area contributed by atoms with Crippen molar-refractivity contribution in [2.24, 2.45) is 0 Å². The van der Waals surface area contributed by atoms with Crippen LogP contribution in [0.2, 0.25) is 10.0 Å². The molecule has 1 saturated heterocycles. The molecule has 7 heteroatoms. The van der Waals surface area contributed by atoms with E-state index >= 15 is 0 Å². The molecule has 2 heterocycles. The van der Waals surface area contributed by atoms with Crippen molar-refractivity contribution in [2.75, 3.05) is 18.4 Å². The van der Waals surface area contributed by atoms with E-state index in [9.17, 15) is 4.79 Å². The first kappa shape index (κ1) is 16.9. The van der Waals surface area contributed by atoms with E-state index in [1.165, 1.54) is 0 Å². The van der Waals surface area contributed by atoms with Gasteiger partial charge in [0.05, 0.1) is 0 Å². The van der Waals surface area contributed by atoms with Crippen LogP contribution in [-0.4, -0.2) is 35.1 Å². The molecule has 2 amide bonds. The lowest BCUT2D eigenvalue weighted by Crippen LogP contribution is -2.43. The number of nitrogens with zero attached hydrogens (tertiary/aromatic N) is 2. The summed E-state index contributed by atoms with van der Waals surface area (Å²) >= 11 is 11.9. The molecule has 0 saturated carbocycles. The molecule has 1 fully saturated rings. The largest absolute Gasteiger partial charge is 0.473 e. The number of likely N-dealkylation sites (tertiary alicyclic amines) is 1. The Morgan fingerprint density at radius 3 is 2.54 bits per heavy atom. The first-order chi connectivity index (χ1) is 11.6. The standard InChI is InChI=1S/C17H17Cl2N3O2/c18-12-3-5-13(6-4-12)21-17(23)22-10-7-14(8-11-22)24-16-15(19)2-1-9-20-16/h1-6,9,14H,7-8,10-11H2,(H,21,23). The third-order valence-corrected chi connectivity index (χ3v) is 4.37. The number of ether oxygens (including phenoxy) is 1. The second kappa shape index (κ2) is 7.73. The van der Waals surface area contributed by atoms with Gasteiger partial charge in [0.15, 0.2) is 0 Å². The molecule has 1 aromatic heterocycles. The van der Waals surface area contributed by atoms with Crippen LogP contribution in [0.15, 0.2) is 42.6 Å². The Morgan fingerprint density at radius 1 is 1.17 bits per heavy atom. The van der Waals surface area contributed by atoms with E-state index < -0.39 is 0 Å². The second-order valence-electron chi connectivity index (χ2n) is 5.53. The van der Waals surface area contributed by atoms with Gasteiger partial charge >= 0.3 is 6.03 Å². The quantitative estimate of drug-likeness (QED) is 0.873. The van der Waals surface area contributed by atoms with E-state index in [4.69, 9.17) is 27.9 Å². The highest BCUT2D eigenvalue weighted by atomic mass is 35.5. The highest BCUT2D eigenvalue weighted by Gasteiger charge is 2.24. The number of halogens is 2. The molecular formula is C17H17Cl2N3O2. The van der Waals surface area contributed by atoms with Gasteiger partial charge in [0.2, 0.25) is 5.88 Å². The third kappa shape index (κ3) is 4.30. The Labute approximate surface area is 150 Å². The molecule has 0 radical (unpaired) electrons. The molecular weight excluding hydrogens is 349 g/mol. The minimum absolute atomic E-state index is 0.0111. The van der Waals surface area contributed by atoms with Crippen molar-refractivity contribution in [3.8, 4) is 5.88 Å². The number of carbonyl (C=O) groups excluding carboxylic acids is 1. The lowest BCUT2D eigenvalue weighted by atomic mass is 10.1. The first-order valence-corrected chi connectivity index (χ1v) is 8.46. The molecule has 0 aliphatic carbocycles. The van der Waals surface area contributed by atoms with Crippen molar-refractivity contribution in [3.05, 3.63) is 52.6 Å². The Bertz CT molecular complexity index is 701.